The van der Waals surface area contributed by atoms with Gasteiger partial charge in [0.2, 0.25) is 0 Å². The number of ether oxygens (including phenoxy) is 1. The van der Waals surface area contributed by atoms with Crippen molar-refractivity contribution in [2.45, 2.75) is 32.6 Å². The lowest BCUT2D eigenvalue weighted by Gasteiger charge is -2.34. The van der Waals surface area contributed by atoms with Crippen LogP contribution in [0.5, 0.6) is 5.75 Å². The highest BCUT2D eigenvalue weighted by molar-refractivity contribution is 6.01. The number of methoxy groups -OCH3 is 1. The second kappa shape index (κ2) is 6.91. The molecule has 5 nitrogen and oxygen atoms in total. The van der Waals surface area contributed by atoms with Gasteiger partial charge in [-0.15, -0.1) is 0 Å². The molecule has 0 saturated heterocycles. The van der Waals surface area contributed by atoms with Crippen molar-refractivity contribution in [2.24, 2.45) is 5.41 Å². The zero-order valence-corrected chi connectivity index (χ0v) is 14.1. The summed E-state index contributed by atoms with van der Waals surface area (Å²) < 4.78 is 5.45. The Balaban J connectivity index is 2.86. The molecule has 2 aromatic carbocycles. The molecule has 0 aromatic heterocycles. The number of fused-ring (bicyclic) bond motifs is 1. The van der Waals surface area contributed by atoms with Gasteiger partial charge in [0, 0.05) is 11.5 Å². The van der Waals surface area contributed by atoms with Gasteiger partial charge >= 0.3 is 11.9 Å². The number of carboxylic acids is 2. The Hall–Kier alpha value is -2.56. The third-order valence-electron chi connectivity index (χ3n) is 4.82. The van der Waals surface area contributed by atoms with Crippen LogP contribution in [-0.4, -0.2) is 29.3 Å². The summed E-state index contributed by atoms with van der Waals surface area (Å²) >= 11 is 0. The molecule has 24 heavy (non-hydrogen) atoms. The molecule has 0 aliphatic rings. The molecule has 0 heterocycles. The van der Waals surface area contributed by atoms with Crippen LogP contribution < -0.4 is 4.74 Å². The Kier molecular flexibility index (Phi) is 5.12. The van der Waals surface area contributed by atoms with E-state index in [4.69, 9.17) is 4.74 Å². The molecule has 1 atom stereocenters. The van der Waals surface area contributed by atoms with Crippen molar-refractivity contribution in [3.8, 4) is 5.75 Å². The average Bonchev–Trinajstić information content (AvgIpc) is 2.58. The van der Waals surface area contributed by atoms with Gasteiger partial charge in [-0.3, -0.25) is 9.59 Å². The number of benzene rings is 2. The minimum atomic E-state index is -1.90. The minimum absolute atomic E-state index is 0.0114. The first-order valence-corrected chi connectivity index (χ1v) is 7.96. The van der Waals surface area contributed by atoms with Crippen LogP contribution in [0.25, 0.3) is 10.8 Å². The molecule has 0 spiro atoms. The molecule has 5 heteroatoms. The first-order valence-electron chi connectivity index (χ1n) is 7.96. The van der Waals surface area contributed by atoms with Gasteiger partial charge < -0.3 is 14.9 Å². The van der Waals surface area contributed by atoms with Crippen LogP contribution >= 0.6 is 0 Å². The molecule has 2 aromatic rings. The van der Waals surface area contributed by atoms with Crippen molar-refractivity contribution in [1.82, 2.24) is 0 Å². The predicted molar refractivity (Wildman–Crippen MR) is 91.5 cm³/mol. The summed E-state index contributed by atoms with van der Waals surface area (Å²) in [7, 11) is 1.51. The Morgan fingerprint density at radius 2 is 1.71 bits per heavy atom. The maximum Gasteiger partial charge on any atom is 0.321 e. The van der Waals surface area contributed by atoms with E-state index in [9.17, 15) is 19.8 Å². The van der Waals surface area contributed by atoms with Gasteiger partial charge in [0.15, 0.2) is 5.41 Å². The van der Waals surface area contributed by atoms with Gasteiger partial charge in [-0.05, 0) is 29.7 Å². The number of hydrogen-bond acceptors (Lipinski definition) is 3. The smallest absolute Gasteiger partial charge is 0.321 e. The molecular formula is C19H22O5. The molecule has 0 saturated carbocycles. The van der Waals surface area contributed by atoms with Crippen molar-refractivity contribution in [3.05, 3.63) is 42.0 Å². The van der Waals surface area contributed by atoms with Gasteiger partial charge in [0.1, 0.15) is 5.75 Å². The van der Waals surface area contributed by atoms with E-state index in [1.807, 2.05) is 37.3 Å². The zero-order valence-electron chi connectivity index (χ0n) is 14.1. The van der Waals surface area contributed by atoms with Gasteiger partial charge in [-0.25, -0.2) is 0 Å². The SMILES string of the molecule is CCC(c1c(OC)ccc2ccccc12)C(CC)(C(=O)O)C(=O)O. The van der Waals surface area contributed by atoms with Crippen LogP contribution in [0, 0.1) is 5.41 Å². The van der Waals surface area contributed by atoms with E-state index in [0.29, 0.717) is 17.7 Å². The molecule has 2 N–H and O–H groups in total. The van der Waals surface area contributed by atoms with E-state index >= 15 is 0 Å². The number of hydrogen-bond donors (Lipinski definition) is 2. The van der Waals surface area contributed by atoms with Gasteiger partial charge in [-0.2, -0.15) is 0 Å². The van der Waals surface area contributed by atoms with E-state index in [1.165, 1.54) is 7.11 Å². The van der Waals surface area contributed by atoms with Crippen molar-refractivity contribution in [1.29, 1.82) is 0 Å². The van der Waals surface area contributed by atoms with E-state index in [0.717, 1.165) is 10.8 Å². The Bertz CT molecular complexity index is 751. The molecular weight excluding hydrogens is 308 g/mol. The molecule has 1 unspecified atom stereocenters. The first kappa shape index (κ1) is 17.8. The normalized spacial score (nSPS) is 12.8. The summed E-state index contributed by atoms with van der Waals surface area (Å²) in [6.07, 6.45) is 0.360. The fraction of sp³-hybridized carbons (Fsp3) is 0.368. The Morgan fingerprint density at radius 3 is 2.21 bits per heavy atom. The molecule has 2 rings (SSSR count). The average molecular weight is 330 g/mol. The fourth-order valence-electron chi connectivity index (χ4n) is 3.55. The number of carboxylic acid groups (broad SMARTS) is 2. The van der Waals surface area contributed by atoms with Crippen molar-refractivity contribution < 1.29 is 24.5 Å². The van der Waals surface area contributed by atoms with Crippen LogP contribution in [0.3, 0.4) is 0 Å². The summed E-state index contributed by atoms with van der Waals surface area (Å²) in [5.74, 6) is -2.84. The standard InChI is InChI=1S/C19H22O5/c1-4-14(19(5-2,17(20)21)18(22)23)16-13-9-7-6-8-12(13)10-11-15(16)24-3/h6-11,14H,4-5H2,1-3H3,(H,20,21)(H,22,23). The van der Waals surface area contributed by atoms with Crippen LogP contribution in [-0.2, 0) is 9.59 Å². The van der Waals surface area contributed by atoms with Gasteiger partial charge in [0.05, 0.1) is 7.11 Å². The number of aliphatic carboxylic acids is 2. The maximum atomic E-state index is 12.0. The highest BCUT2D eigenvalue weighted by atomic mass is 16.5. The molecule has 0 aliphatic carbocycles. The Labute approximate surface area is 140 Å². The third kappa shape index (κ3) is 2.60. The molecule has 0 aliphatic heterocycles. The van der Waals surface area contributed by atoms with Gasteiger partial charge in [0.25, 0.3) is 0 Å². The molecule has 0 fully saturated rings. The predicted octanol–water partition coefficient (Wildman–Crippen LogP) is 3.91. The number of carbonyl (C=O) groups is 2. The monoisotopic (exact) mass is 330 g/mol. The van der Waals surface area contributed by atoms with Crippen molar-refractivity contribution >= 4 is 22.7 Å². The first-order chi connectivity index (χ1) is 11.4. The molecule has 0 bridgehead atoms. The highest BCUT2D eigenvalue weighted by Crippen LogP contribution is 2.47. The third-order valence-corrected chi connectivity index (χ3v) is 4.82. The topological polar surface area (TPSA) is 83.8 Å². The van der Waals surface area contributed by atoms with E-state index < -0.39 is 23.3 Å². The maximum absolute atomic E-state index is 12.0. The highest BCUT2D eigenvalue weighted by Gasteiger charge is 2.52. The van der Waals surface area contributed by atoms with E-state index in [2.05, 4.69) is 0 Å². The van der Waals surface area contributed by atoms with Crippen molar-refractivity contribution in [3.63, 3.8) is 0 Å². The quantitative estimate of drug-likeness (QED) is 0.752. The summed E-state index contributed by atoms with van der Waals surface area (Å²) in [5, 5.41) is 21.3. The summed E-state index contributed by atoms with van der Waals surface area (Å²) in [4.78, 5) is 24.0. The summed E-state index contributed by atoms with van der Waals surface area (Å²) in [6.45, 7) is 3.41. The van der Waals surface area contributed by atoms with Crippen LogP contribution in [0.1, 0.15) is 38.2 Å². The van der Waals surface area contributed by atoms with E-state index in [-0.39, 0.29) is 6.42 Å². The minimum Gasteiger partial charge on any atom is -0.496 e. The lowest BCUT2D eigenvalue weighted by molar-refractivity contribution is -0.167. The summed E-state index contributed by atoms with van der Waals surface area (Å²) in [5.41, 5.74) is -1.25. The van der Waals surface area contributed by atoms with Gasteiger partial charge in [-0.1, -0.05) is 44.2 Å². The fourth-order valence-corrected chi connectivity index (χ4v) is 3.55. The molecule has 0 radical (unpaired) electrons. The lowest BCUT2D eigenvalue weighted by Crippen LogP contribution is -2.44. The molecule has 0 amide bonds. The van der Waals surface area contributed by atoms with Crippen LogP contribution in [0.4, 0.5) is 0 Å². The van der Waals surface area contributed by atoms with Crippen LogP contribution in [0.2, 0.25) is 0 Å². The second-order valence-electron chi connectivity index (χ2n) is 5.80. The van der Waals surface area contributed by atoms with Crippen molar-refractivity contribution in [2.75, 3.05) is 7.11 Å². The lowest BCUT2D eigenvalue weighted by atomic mass is 9.67. The largest absolute Gasteiger partial charge is 0.496 e. The van der Waals surface area contributed by atoms with Crippen LogP contribution in [0.15, 0.2) is 36.4 Å². The second-order valence-corrected chi connectivity index (χ2v) is 5.80. The Morgan fingerprint density at radius 1 is 1.08 bits per heavy atom. The number of rotatable bonds is 7. The molecule has 128 valence electrons. The van der Waals surface area contributed by atoms with E-state index in [1.54, 1.807) is 13.0 Å². The zero-order chi connectivity index (χ0) is 17.9. The summed E-state index contributed by atoms with van der Waals surface area (Å²) in [6, 6.07) is 11.2.